The molecule has 3 nitrogen and oxygen atoms in total. The van der Waals surface area contributed by atoms with Gasteiger partial charge in [-0.1, -0.05) is 24.3 Å². The second-order valence-electron chi connectivity index (χ2n) is 4.69. The van der Waals surface area contributed by atoms with E-state index in [0.29, 0.717) is 0 Å². The fourth-order valence-corrected chi connectivity index (χ4v) is 4.36. The molecule has 0 fully saturated rings. The van der Waals surface area contributed by atoms with Crippen LogP contribution in [0.2, 0.25) is 0 Å². The molecule has 1 atom stereocenters. The molecule has 1 unspecified atom stereocenters. The van der Waals surface area contributed by atoms with Gasteiger partial charge in [-0.05, 0) is 50.1 Å². The van der Waals surface area contributed by atoms with E-state index in [1.54, 1.807) is 11.3 Å². The van der Waals surface area contributed by atoms with Gasteiger partial charge in [-0.25, -0.2) is 0 Å². The van der Waals surface area contributed by atoms with Crippen LogP contribution in [-0.4, -0.2) is 4.98 Å². The summed E-state index contributed by atoms with van der Waals surface area (Å²) in [6.45, 7) is 0. The molecule has 0 radical (unpaired) electrons. The summed E-state index contributed by atoms with van der Waals surface area (Å²) in [4.78, 5) is 5.88. The van der Waals surface area contributed by atoms with Crippen LogP contribution in [0.3, 0.4) is 0 Å². The molecule has 21 heavy (non-hydrogen) atoms. The number of nitrogens with one attached hydrogen (secondary N) is 1. The number of benzene rings is 1. The number of nitrogens with two attached hydrogens (primary N) is 1. The minimum absolute atomic E-state index is 0.0475. The zero-order valence-electron chi connectivity index (χ0n) is 11.0. The number of thiophene rings is 1. The first kappa shape index (κ1) is 15.1. The Morgan fingerprint density at radius 3 is 2.71 bits per heavy atom. The topological polar surface area (TPSA) is 50.9 Å². The van der Waals surface area contributed by atoms with Crippen LogP contribution in [0.1, 0.15) is 16.6 Å². The number of fused-ring (bicyclic) bond motifs is 1. The van der Waals surface area contributed by atoms with E-state index in [0.717, 1.165) is 31.3 Å². The number of hydrogen-bond donors (Lipinski definition) is 2. The molecule has 108 valence electrons. The zero-order chi connectivity index (χ0) is 14.8. The van der Waals surface area contributed by atoms with Gasteiger partial charge in [0.15, 0.2) is 0 Å². The predicted molar refractivity (Wildman–Crippen MR) is 95.2 cm³/mol. The van der Waals surface area contributed by atoms with Crippen molar-refractivity contribution >= 4 is 54.1 Å². The first-order chi connectivity index (χ1) is 10.2. The van der Waals surface area contributed by atoms with Gasteiger partial charge < -0.3 is 0 Å². The standard InChI is InChI=1S/C15H13Br2N3S/c16-11-8-14(21-15(11)17)13(20-18)7-10-6-5-9-3-1-2-4-12(9)19-10/h1-6,8,13,20H,7,18H2. The van der Waals surface area contributed by atoms with Crippen molar-refractivity contribution < 1.29 is 0 Å². The van der Waals surface area contributed by atoms with Gasteiger partial charge in [-0.2, -0.15) is 0 Å². The number of nitrogens with zero attached hydrogens (tertiary/aromatic N) is 1. The Kier molecular flexibility index (Phi) is 4.71. The smallest absolute Gasteiger partial charge is 0.0843 e. The van der Waals surface area contributed by atoms with Gasteiger partial charge in [0.1, 0.15) is 0 Å². The number of halogens is 2. The number of hydrogen-bond acceptors (Lipinski definition) is 4. The second-order valence-corrected chi connectivity index (χ2v) is 7.95. The van der Waals surface area contributed by atoms with Crippen molar-refractivity contribution in [3.63, 3.8) is 0 Å². The third kappa shape index (κ3) is 3.35. The Morgan fingerprint density at radius 1 is 1.19 bits per heavy atom. The van der Waals surface area contributed by atoms with Crippen molar-refractivity contribution in [2.75, 3.05) is 0 Å². The largest absolute Gasteiger partial charge is 0.271 e. The SMILES string of the molecule is NNC(Cc1ccc2ccccc2n1)c1cc(Br)c(Br)s1. The Balaban J connectivity index is 1.88. The molecule has 0 aliphatic heterocycles. The summed E-state index contributed by atoms with van der Waals surface area (Å²) in [5, 5.41) is 1.15. The minimum atomic E-state index is 0.0475. The van der Waals surface area contributed by atoms with Crippen LogP contribution in [0, 0.1) is 0 Å². The average molecular weight is 427 g/mol. The number of hydrazine groups is 1. The lowest BCUT2D eigenvalue weighted by Crippen LogP contribution is -2.29. The lowest BCUT2D eigenvalue weighted by atomic mass is 10.1. The normalized spacial score (nSPS) is 12.7. The van der Waals surface area contributed by atoms with Gasteiger partial charge in [0.25, 0.3) is 0 Å². The molecule has 0 saturated heterocycles. The van der Waals surface area contributed by atoms with Crippen LogP contribution in [0.5, 0.6) is 0 Å². The highest BCUT2D eigenvalue weighted by Gasteiger charge is 2.16. The highest BCUT2D eigenvalue weighted by atomic mass is 79.9. The Morgan fingerprint density at radius 2 is 2.00 bits per heavy atom. The molecule has 3 N–H and O–H groups in total. The third-order valence-electron chi connectivity index (χ3n) is 3.28. The molecular weight excluding hydrogens is 414 g/mol. The van der Waals surface area contributed by atoms with Gasteiger partial charge >= 0.3 is 0 Å². The molecule has 1 aromatic carbocycles. The van der Waals surface area contributed by atoms with Crippen molar-refractivity contribution in [2.45, 2.75) is 12.5 Å². The van der Waals surface area contributed by atoms with Gasteiger partial charge in [-0.15, -0.1) is 11.3 Å². The van der Waals surface area contributed by atoms with E-state index in [1.165, 1.54) is 4.88 Å². The number of rotatable bonds is 4. The van der Waals surface area contributed by atoms with Gasteiger partial charge in [0.2, 0.25) is 0 Å². The summed E-state index contributed by atoms with van der Waals surface area (Å²) in [7, 11) is 0. The number of para-hydroxylation sites is 1. The van der Waals surface area contributed by atoms with Gasteiger partial charge in [0, 0.05) is 26.9 Å². The fraction of sp³-hybridized carbons (Fsp3) is 0.133. The molecule has 3 rings (SSSR count). The van der Waals surface area contributed by atoms with E-state index in [1.807, 2.05) is 18.2 Å². The third-order valence-corrected chi connectivity index (χ3v) is 6.65. The summed E-state index contributed by atoms with van der Waals surface area (Å²) in [5.41, 5.74) is 4.92. The number of pyridine rings is 1. The van der Waals surface area contributed by atoms with Crippen molar-refractivity contribution in [1.29, 1.82) is 0 Å². The summed E-state index contributed by atoms with van der Waals surface area (Å²) in [6.07, 6.45) is 0.751. The summed E-state index contributed by atoms with van der Waals surface area (Å²) >= 11 is 8.70. The summed E-state index contributed by atoms with van der Waals surface area (Å²) in [5.74, 6) is 5.72. The first-order valence-electron chi connectivity index (χ1n) is 6.43. The first-order valence-corrected chi connectivity index (χ1v) is 8.83. The fourth-order valence-electron chi connectivity index (χ4n) is 2.21. The van der Waals surface area contributed by atoms with Crippen LogP contribution in [0.15, 0.2) is 50.7 Å². The predicted octanol–water partition coefficient (Wildman–Crippen LogP) is 4.57. The molecule has 0 amide bonds. The maximum atomic E-state index is 5.72. The van der Waals surface area contributed by atoms with Crippen molar-refractivity contribution in [2.24, 2.45) is 5.84 Å². The van der Waals surface area contributed by atoms with E-state index in [-0.39, 0.29) is 6.04 Å². The molecule has 0 spiro atoms. The van der Waals surface area contributed by atoms with Crippen LogP contribution in [0.4, 0.5) is 0 Å². The molecule has 0 aliphatic carbocycles. The van der Waals surface area contributed by atoms with Gasteiger partial charge in [0.05, 0.1) is 15.3 Å². The second kappa shape index (κ2) is 6.54. The van der Waals surface area contributed by atoms with Crippen LogP contribution < -0.4 is 11.3 Å². The van der Waals surface area contributed by atoms with Crippen molar-refractivity contribution in [3.05, 3.63) is 61.3 Å². The molecule has 0 saturated carbocycles. The molecule has 2 heterocycles. The quantitative estimate of drug-likeness (QED) is 0.474. The van der Waals surface area contributed by atoms with E-state index in [9.17, 15) is 0 Å². The number of aromatic nitrogens is 1. The maximum Gasteiger partial charge on any atom is 0.0843 e. The molecule has 6 heteroatoms. The average Bonchev–Trinajstić information content (AvgIpc) is 2.84. The highest BCUT2D eigenvalue weighted by Crippen LogP contribution is 2.36. The molecular formula is C15H13Br2N3S. The Bertz CT molecular complexity index is 753. The zero-order valence-corrected chi connectivity index (χ0v) is 15.0. The Hall–Kier alpha value is -0.790. The summed E-state index contributed by atoms with van der Waals surface area (Å²) < 4.78 is 2.12. The molecule has 3 aromatic rings. The van der Waals surface area contributed by atoms with Crippen LogP contribution >= 0.6 is 43.2 Å². The summed E-state index contributed by atoms with van der Waals surface area (Å²) in [6, 6.07) is 14.4. The van der Waals surface area contributed by atoms with Crippen LogP contribution in [-0.2, 0) is 6.42 Å². The molecule has 2 aromatic heterocycles. The molecule has 0 bridgehead atoms. The van der Waals surface area contributed by atoms with E-state index < -0.39 is 0 Å². The lowest BCUT2D eigenvalue weighted by molar-refractivity contribution is 0.555. The van der Waals surface area contributed by atoms with Crippen molar-refractivity contribution in [3.8, 4) is 0 Å². The van der Waals surface area contributed by atoms with Gasteiger partial charge in [-0.3, -0.25) is 16.3 Å². The Labute approximate surface area is 143 Å². The van der Waals surface area contributed by atoms with Crippen LogP contribution in [0.25, 0.3) is 10.9 Å². The maximum absolute atomic E-state index is 5.72. The monoisotopic (exact) mass is 425 g/mol. The van der Waals surface area contributed by atoms with Crippen molar-refractivity contribution in [1.82, 2.24) is 10.4 Å². The highest BCUT2D eigenvalue weighted by molar-refractivity contribution is 9.13. The molecule has 0 aliphatic rings. The lowest BCUT2D eigenvalue weighted by Gasteiger charge is -2.14. The van der Waals surface area contributed by atoms with E-state index in [2.05, 4.69) is 61.6 Å². The van der Waals surface area contributed by atoms with E-state index >= 15 is 0 Å². The van der Waals surface area contributed by atoms with E-state index in [4.69, 9.17) is 10.8 Å². The minimum Gasteiger partial charge on any atom is -0.271 e.